The van der Waals surface area contributed by atoms with Gasteiger partial charge in [0, 0.05) is 18.9 Å². The van der Waals surface area contributed by atoms with Crippen LogP contribution >= 0.6 is 0 Å². The maximum absolute atomic E-state index is 11.3. The fraction of sp³-hybridized carbons (Fsp3) is 0.900. The highest BCUT2D eigenvalue weighted by Crippen LogP contribution is 2.13. The van der Waals surface area contributed by atoms with E-state index in [4.69, 9.17) is 9.47 Å². The van der Waals surface area contributed by atoms with Crippen LogP contribution in [0.15, 0.2) is 0 Å². The Balaban J connectivity index is 2.15. The molecule has 3 heteroatoms. The van der Waals surface area contributed by atoms with Crippen LogP contribution in [0.4, 0.5) is 0 Å². The molecule has 13 heavy (non-hydrogen) atoms. The predicted octanol–water partition coefficient (Wildman–Crippen LogP) is 1.41. The molecule has 3 nitrogen and oxygen atoms in total. The minimum absolute atomic E-state index is 0.0764. The van der Waals surface area contributed by atoms with Gasteiger partial charge in [0.2, 0.25) is 0 Å². The Labute approximate surface area is 79.4 Å². The highest BCUT2D eigenvalue weighted by atomic mass is 16.5. The van der Waals surface area contributed by atoms with Crippen molar-refractivity contribution in [1.82, 2.24) is 0 Å². The van der Waals surface area contributed by atoms with E-state index in [0.29, 0.717) is 32.0 Å². The number of carbonyl (C=O) groups is 1. The Morgan fingerprint density at radius 2 is 2.38 bits per heavy atom. The summed E-state index contributed by atoms with van der Waals surface area (Å²) >= 11 is 0. The highest BCUT2D eigenvalue weighted by molar-refractivity contribution is 5.81. The average molecular weight is 186 g/mol. The molecule has 1 aliphatic heterocycles. The van der Waals surface area contributed by atoms with E-state index in [1.807, 2.05) is 13.8 Å². The van der Waals surface area contributed by atoms with E-state index in [9.17, 15) is 4.79 Å². The van der Waals surface area contributed by atoms with Crippen molar-refractivity contribution in [2.75, 3.05) is 19.8 Å². The van der Waals surface area contributed by atoms with E-state index in [1.54, 1.807) is 0 Å². The summed E-state index contributed by atoms with van der Waals surface area (Å²) in [5, 5.41) is 0. The summed E-state index contributed by atoms with van der Waals surface area (Å²) in [6.45, 7) is 5.84. The second kappa shape index (κ2) is 5.35. The van der Waals surface area contributed by atoms with Crippen LogP contribution in [0.2, 0.25) is 0 Å². The van der Waals surface area contributed by atoms with E-state index >= 15 is 0 Å². The third kappa shape index (κ3) is 3.87. The summed E-state index contributed by atoms with van der Waals surface area (Å²) in [7, 11) is 0. The Morgan fingerprint density at radius 1 is 1.62 bits per heavy atom. The molecular weight excluding hydrogens is 168 g/mol. The van der Waals surface area contributed by atoms with Gasteiger partial charge < -0.3 is 9.47 Å². The fourth-order valence-electron chi connectivity index (χ4n) is 1.39. The molecule has 76 valence electrons. The van der Waals surface area contributed by atoms with E-state index in [2.05, 4.69) is 0 Å². The van der Waals surface area contributed by atoms with Gasteiger partial charge in [0.25, 0.3) is 0 Å². The molecule has 0 radical (unpaired) electrons. The standard InChI is InChI=1S/C10H18O3/c1-8(2)13-6-3-9-7-12-5-4-10(9)11/h8-9H,3-7H2,1-2H3. The molecule has 0 amide bonds. The third-order valence-corrected chi connectivity index (χ3v) is 2.18. The van der Waals surface area contributed by atoms with Crippen molar-refractivity contribution in [3.8, 4) is 0 Å². The Morgan fingerprint density at radius 3 is 3.00 bits per heavy atom. The molecule has 0 aromatic carbocycles. The number of rotatable bonds is 4. The largest absolute Gasteiger partial charge is 0.380 e. The van der Waals surface area contributed by atoms with Gasteiger partial charge in [0.1, 0.15) is 5.78 Å². The molecule has 1 atom stereocenters. The lowest BCUT2D eigenvalue weighted by atomic mass is 9.97. The molecule has 0 aliphatic carbocycles. The SMILES string of the molecule is CC(C)OCCC1COCCC1=O. The van der Waals surface area contributed by atoms with Crippen LogP contribution < -0.4 is 0 Å². The topological polar surface area (TPSA) is 35.5 Å². The molecule has 1 unspecified atom stereocenters. The lowest BCUT2D eigenvalue weighted by Crippen LogP contribution is -2.28. The van der Waals surface area contributed by atoms with E-state index in [0.717, 1.165) is 6.42 Å². The van der Waals surface area contributed by atoms with Gasteiger partial charge in [-0.1, -0.05) is 0 Å². The van der Waals surface area contributed by atoms with Gasteiger partial charge in [-0.2, -0.15) is 0 Å². The zero-order valence-electron chi connectivity index (χ0n) is 8.41. The Hall–Kier alpha value is -0.410. The lowest BCUT2D eigenvalue weighted by Gasteiger charge is -2.21. The van der Waals surface area contributed by atoms with Crippen molar-refractivity contribution in [1.29, 1.82) is 0 Å². The fourth-order valence-corrected chi connectivity index (χ4v) is 1.39. The number of carbonyl (C=O) groups excluding carboxylic acids is 1. The van der Waals surface area contributed by atoms with Gasteiger partial charge in [-0.3, -0.25) is 4.79 Å². The number of hydrogen-bond donors (Lipinski definition) is 0. The van der Waals surface area contributed by atoms with Crippen molar-refractivity contribution in [2.45, 2.75) is 32.8 Å². The van der Waals surface area contributed by atoms with Gasteiger partial charge in [0.05, 0.1) is 19.3 Å². The number of ketones is 1. The van der Waals surface area contributed by atoms with E-state index in [1.165, 1.54) is 0 Å². The first-order chi connectivity index (χ1) is 6.20. The summed E-state index contributed by atoms with van der Waals surface area (Å²) in [6, 6.07) is 0. The average Bonchev–Trinajstić information content (AvgIpc) is 2.08. The first kappa shape index (κ1) is 10.7. The smallest absolute Gasteiger partial charge is 0.140 e. The summed E-state index contributed by atoms with van der Waals surface area (Å²) in [4.78, 5) is 11.3. The van der Waals surface area contributed by atoms with Crippen LogP contribution in [0, 0.1) is 5.92 Å². The van der Waals surface area contributed by atoms with Crippen LogP contribution in [-0.2, 0) is 14.3 Å². The minimum atomic E-state index is 0.0764. The molecule has 0 bridgehead atoms. The molecule has 1 rings (SSSR count). The van der Waals surface area contributed by atoms with Gasteiger partial charge in [-0.25, -0.2) is 0 Å². The van der Waals surface area contributed by atoms with Crippen molar-refractivity contribution in [3.63, 3.8) is 0 Å². The van der Waals surface area contributed by atoms with E-state index < -0.39 is 0 Å². The monoisotopic (exact) mass is 186 g/mol. The first-order valence-corrected chi connectivity index (χ1v) is 4.92. The van der Waals surface area contributed by atoms with Gasteiger partial charge in [0.15, 0.2) is 0 Å². The second-order valence-corrected chi connectivity index (χ2v) is 3.70. The minimum Gasteiger partial charge on any atom is -0.380 e. The van der Waals surface area contributed by atoms with Gasteiger partial charge in [-0.05, 0) is 20.3 Å². The zero-order chi connectivity index (χ0) is 9.68. The molecular formula is C10H18O3. The van der Waals surface area contributed by atoms with Crippen LogP contribution in [-0.4, -0.2) is 31.7 Å². The molecule has 1 saturated heterocycles. The molecule has 1 fully saturated rings. The highest BCUT2D eigenvalue weighted by Gasteiger charge is 2.22. The molecule has 0 aromatic rings. The normalized spacial score (nSPS) is 23.9. The molecule has 0 aromatic heterocycles. The maximum atomic E-state index is 11.3. The first-order valence-electron chi connectivity index (χ1n) is 4.92. The summed E-state index contributed by atoms with van der Waals surface area (Å²) in [5.41, 5.74) is 0. The number of Topliss-reactive ketones (excluding diaryl/α,β-unsaturated/α-hetero) is 1. The van der Waals surface area contributed by atoms with Crippen LogP contribution in [0.1, 0.15) is 26.7 Å². The van der Waals surface area contributed by atoms with Crippen molar-refractivity contribution in [2.24, 2.45) is 5.92 Å². The molecule has 0 spiro atoms. The summed E-state index contributed by atoms with van der Waals surface area (Å²) in [6.07, 6.45) is 1.63. The van der Waals surface area contributed by atoms with Gasteiger partial charge >= 0.3 is 0 Å². The molecule has 1 aliphatic rings. The van der Waals surface area contributed by atoms with Crippen molar-refractivity contribution < 1.29 is 14.3 Å². The Kier molecular flexibility index (Phi) is 4.39. The number of hydrogen-bond acceptors (Lipinski definition) is 3. The summed E-state index contributed by atoms with van der Waals surface area (Å²) < 4.78 is 10.6. The third-order valence-electron chi connectivity index (χ3n) is 2.18. The van der Waals surface area contributed by atoms with E-state index in [-0.39, 0.29) is 12.0 Å². The van der Waals surface area contributed by atoms with Crippen LogP contribution in [0.3, 0.4) is 0 Å². The quantitative estimate of drug-likeness (QED) is 0.666. The Bertz CT molecular complexity index is 166. The predicted molar refractivity (Wildman–Crippen MR) is 49.6 cm³/mol. The molecule has 0 saturated carbocycles. The van der Waals surface area contributed by atoms with Gasteiger partial charge in [-0.15, -0.1) is 0 Å². The maximum Gasteiger partial charge on any atom is 0.140 e. The van der Waals surface area contributed by atoms with Crippen LogP contribution in [0.25, 0.3) is 0 Å². The number of ether oxygens (including phenoxy) is 2. The second-order valence-electron chi connectivity index (χ2n) is 3.70. The zero-order valence-corrected chi connectivity index (χ0v) is 8.41. The molecule has 1 heterocycles. The summed E-state index contributed by atoms with van der Waals surface area (Å²) in [5.74, 6) is 0.408. The van der Waals surface area contributed by atoms with Crippen molar-refractivity contribution >= 4 is 5.78 Å². The lowest BCUT2D eigenvalue weighted by molar-refractivity contribution is -0.131. The molecule has 0 N–H and O–H groups in total. The van der Waals surface area contributed by atoms with Crippen LogP contribution in [0.5, 0.6) is 0 Å². The van der Waals surface area contributed by atoms with Crippen molar-refractivity contribution in [3.05, 3.63) is 0 Å².